The van der Waals surface area contributed by atoms with E-state index in [2.05, 4.69) is 30.6 Å². The third-order valence-corrected chi connectivity index (χ3v) is 5.92. The number of halogens is 1. The van der Waals surface area contributed by atoms with E-state index in [1.807, 2.05) is 36.4 Å². The number of nitrogens with zero attached hydrogens (tertiary/aromatic N) is 3. The molecule has 0 bridgehead atoms. The molecule has 0 fully saturated rings. The van der Waals surface area contributed by atoms with E-state index in [1.54, 1.807) is 12.1 Å². The minimum atomic E-state index is -3.79. The number of aromatic amines is 1. The molecule has 2 aromatic heterocycles. The summed E-state index contributed by atoms with van der Waals surface area (Å²) in [4.78, 5) is 15.9. The molecule has 0 aliphatic heterocycles. The molecule has 0 radical (unpaired) electrons. The summed E-state index contributed by atoms with van der Waals surface area (Å²) in [5.74, 6) is 0.221. The van der Waals surface area contributed by atoms with E-state index in [0.717, 1.165) is 28.6 Å². The Morgan fingerprint density at radius 1 is 0.853 bits per heavy atom. The van der Waals surface area contributed by atoms with Gasteiger partial charge in [0.15, 0.2) is 11.6 Å². The maximum Gasteiger partial charge on any atom is 0.238 e. The second kappa shape index (κ2) is 8.54. The highest BCUT2D eigenvalue weighted by molar-refractivity contribution is 7.89. The van der Waals surface area contributed by atoms with Crippen LogP contribution in [0.15, 0.2) is 83.9 Å². The quantitative estimate of drug-likeness (QED) is 0.287. The smallest absolute Gasteiger partial charge is 0.238 e. The van der Waals surface area contributed by atoms with Crippen molar-refractivity contribution in [2.24, 2.45) is 5.14 Å². The molecule has 3 aromatic carbocycles. The predicted molar refractivity (Wildman–Crippen MR) is 128 cm³/mol. The molecule has 11 heteroatoms. The lowest BCUT2D eigenvalue weighted by atomic mass is 10.2. The number of nitrogens with two attached hydrogens (primary N) is 1. The molecule has 0 atom stereocenters. The van der Waals surface area contributed by atoms with Gasteiger partial charge in [-0.25, -0.2) is 27.9 Å². The van der Waals surface area contributed by atoms with Gasteiger partial charge in [0.1, 0.15) is 5.82 Å². The molecule has 0 aliphatic carbocycles. The molecule has 170 valence electrons. The maximum absolute atomic E-state index is 14.3. The molecule has 0 aliphatic rings. The van der Waals surface area contributed by atoms with Crippen LogP contribution in [-0.2, 0) is 10.0 Å². The standard InChI is InChI=1S/C23H18FN7O2S/c24-18-13-26-23(28-16-9-11-17(12-10-16)34(25,32)33)31-22(18)27-15-7-5-14(6-8-15)21-29-19-3-1-2-4-20(19)30-21/h1-13H,(H,29,30)(H2,25,32,33)(H2,26,27,28,31). The topological polar surface area (TPSA) is 139 Å². The van der Waals surface area contributed by atoms with E-state index in [4.69, 9.17) is 5.14 Å². The van der Waals surface area contributed by atoms with Crippen molar-refractivity contribution in [1.29, 1.82) is 0 Å². The Morgan fingerprint density at radius 2 is 1.53 bits per heavy atom. The molecule has 2 heterocycles. The lowest BCUT2D eigenvalue weighted by Crippen LogP contribution is -2.11. The normalized spacial score (nSPS) is 11.5. The number of hydrogen-bond acceptors (Lipinski definition) is 7. The summed E-state index contributed by atoms with van der Waals surface area (Å²) in [5.41, 5.74) is 3.85. The Kier molecular flexibility index (Phi) is 5.40. The molecule has 9 nitrogen and oxygen atoms in total. The fourth-order valence-electron chi connectivity index (χ4n) is 3.31. The second-order valence-corrected chi connectivity index (χ2v) is 8.95. The van der Waals surface area contributed by atoms with E-state index in [-0.39, 0.29) is 16.7 Å². The van der Waals surface area contributed by atoms with Crippen molar-refractivity contribution in [1.82, 2.24) is 19.9 Å². The average Bonchev–Trinajstić information content (AvgIpc) is 3.26. The number of para-hydroxylation sites is 2. The van der Waals surface area contributed by atoms with Gasteiger partial charge in [-0.1, -0.05) is 12.1 Å². The molecular formula is C23H18FN7O2S. The van der Waals surface area contributed by atoms with Crippen LogP contribution in [0.3, 0.4) is 0 Å². The second-order valence-electron chi connectivity index (χ2n) is 7.39. The number of nitrogens with one attached hydrogen (secondary N) is 3. The summed E-state index contributed by atoms with van der Waals surface area (Å²) in [6.07, 6.45) is 1.04. The number of benzene rings is 3. The van der Waals surface area contributed by atoms with E-state index in [0.29, 0.717) is 11.4 Å². The van der Waals surface area contributed by atoms with Gasteiger partial charge >= 0.3 is 0 Å². The maximum atomic E-state index is 14.3. The predicted octanol–water partition coefficient (Wildman–Crippen LogP) is 4.29. The Labute approximate surface area is 194 Å². The van der Waals surface area contributed by atoms with E-state index >= 15 is 0 Å². The summed E-state index contributed by atoms with van der Waals surface area (Å²) >= 11 is 0. The first-order valence-corrected chi connectivity index (χ1v) is 11.6. The highest BCUT2D eigenvalue weighted by Crippen LogP contribution is 2.25. The van der Waals surface area contributed by atoms with Crippen molar-refractivity contribution in [3.63, 3.8) is 0 Å². The summed E-state index contributed by atoms with van der Waals surface area (Å²) < 4.78 is 37.1. The zero-order chi connectivity index (χ0) is 23.7. The first-order valence-electron chi connectivity index (χ1n) is 10.1. The zero-order valence-electron chi connectivity index (χ0n) is 17.5. The zero-order valence-corrected chi connectivity index (χ0v) is 18.3. The van der Waals surface area contributed by atoms with Crippen molar-refractivity contribution in [2.75, 3.05) is 10.6 Å². The Bertz CT molecular complexity index is 1550. The van der Waals surface area contributed by atoms with Crippen LogP contribution in [-0.4, -0.2) is 28.4 Å². The van der Waals surface area contributed by atoms with Gasteiger partial charge in [-0.3, -0.25) is 0 Å². The van der Waals surface area contributed by atoms with Gasteiger partial charge in [0.05, 0.1) is 22.1 Å². The summed E-state index contributed by atoms with van der Waals surface area (Å²) in [6.45, 7) is 0. The van der Waals surface area contributed by atoms with Crippen LogP contribution < -0.4 is 15.8 Å². The molecule has 34 heavy (non-hydrogen) atoms. The van der Waals surface area contributed by atoms with Crippen LogP contribution in [0.5, 0.6) is 0 Å². The Balaban J connectivity index is 1.32. The van der Waals surface area contributed by atoms with Crippen molar-refractivity contribution in [3.05, 3.63) is 84.8 Å². The lowest BCUT2D eigenvalue weighted by molar-refractivity contribution is 0.598. The van der Waals surface area contributed by atoms with Gasteiger partial charge in [-0.05, 0) is 60.7 Å². The van der Waals surface area contributed by atoms with E-state index < -0.39 is 15.8 Å². The molecule has 0 saturated heterocycles. The number of imidazole rings is 1. The largest absolute Gasteiger partial charge is 0.338 e. The Hall–Kier alpha value is -4.35. The minimum Gasteiger partial charge on any atom is -0.338 e. The lowest BCUT2D eigenvalue weighted by Gasteiger charge is -2.10. The molecule has 5 aromatic rings. The van der Waals surface area contributed by atoms with Crippen molar-refractivity contribution < 1.29 is 12.8 Å². The molecule has 0 spiro atoms. The highest BCUT2D eigenvalue weighted by Gasteiger charge is 2.11. The fraction of sp³-hybridized carbons (Fsp3) is 0. The van der Waals surface area contributed by atoms with E-state index in [1.165, 1.54) is 24.3 Å². The van der Waals surface area contributed by atoms with Gasteiger partial charge in [-0.15, -0.1) is 0 Å². The third kappa shape index (κ3) is 4.56. The van der Waals surface area contributed by atoms with Crippen molar-refractivity contribution in [3.8, 4) is 11.4 Å². The van der Waals surface area contributed by atoms with E-state index in [9.17, 15) is 12.8 Å². The van der Waals surface area contributed by atoms with Gasteiger partial charge in [0.25, 0.3) is 0 Å². The molecule has 0 amide bonds. The number of aromatic nitrogens is 4. The average molecular weight is 476 g/mol. The van der Waals surface area contributed by atoms with Crippen LogP contribution >= 0.6 is 0 Å². The Morgan fingerprint density at radius 3 is 2.24 bits per heavy atom. The van der Waals surface area contributed by atoms with Crippen LogP contribution in [0.2, 0.25) is 0 Å². The summed E-state index contributed by atoms with van der Waals surface area (Å²) in [5, 5.41) is 10.9. The first-order chi connectivity index (χ1) is 16.3. The first kappa shape index (κ1) is 21.5. The fourth-order valence-corrected chi connectivity index (χ4v) is 3.83. The monoisotopic (exact) mass is 475 g/mol. The number of hydrogen-bond donors (Lipinski definition) is 4. The summed E-state index contributed by atoms with van der Waals surface area (Å²) in [6, 6.07) is 20.8. The van der Waals surface area contributed by atoms with Crippen LogP contribution in [0.1, 0.15) is 0 Å². The molecule has 0 unspecified atom stereocenters. The molecule has 0 saturated carbocycles. The number of rotatable bonds is 6. The highest BCUT2D eigenvalue weighted by atomic mass is 32.2. The van der Waals surface area contributed by atoms with Crippen molar-refractivity contribution in [2.45, 2.75) is 4.90 Å². The third-order valence-electron chi connectivity index (χ3n) is 4.99. The minimum absolute atomic E-state index is 0.0184. The van der Waals surface area contributed by atoms with Crippen LogP contribution in [0, 0.1) is 5.82 Å². The van der Waals surface area contributed by atoms with Crippen molar-refractivity contribution >= 4 is 44.2 Å². The van der Waals surface area contributed by atoms with Crippen LogP contribution in [0.4, 0.5) is 27.5 Å². The van der Waals surface area contributed by atoms with Gasteiger partial charge in [-0.2, -0.15) is 4.98 Å². The molecule has 5 rings (SSSR count). The van der Waals surface area contributed by atoms with Crippen LogP contribution in [0.25, 0.3) is 22.4 Å². The number of fused-ring (bicyclic) bond motifs is 1. The SMILES string of the molecule is NS(=O)(=O)c1ccc(Nc2ncc(F)c(Nc3ccc(-c4nc5ccccc5[nH]4)cc3)n2)cc1. The number of anilines is 4. The number of H-pyrrole nitrogens is 1. The van der Waals surface area contributed by atoms with Gasteiger partial charge in [0.2, 0.25) is 16.0 Å². The molecule has 5 N–H and O–H groups in total. The number of sulfonamides is 1. The summed E-state index contributed by atoms with van der Waals surface area (Å²) in [7, 11) is -3.79. The molecular weight excluding hydrogens is 457 g/mol. The van der Waals surface area contributed by atoms with Gasteiger partial charge in [0, 0.05) is 16.9 Å². The number of primary sulfonamides is 1. The van der Waals surface area contributed by atoms with Gasteiger partial charge < -0.3 is 15.6 Å².